The Kier molecular flexibility index (Phi) is 7.09. The van der Waals surface area contributed by atoms with Crippen LogP contribution >= 0.6 is 0 Å². The summed E-state index contributed by atoms with van der Waals surface area (Å²) in [4.78, 5) is 29.9. The van der Waals surface area contributed by atoms with Gasteiger partial charge in [0.15, 0.2) is 0 Å². The lowest BCUT2D eigenvalue weighted by Gasteiger charge is -2.35. The molecule has 0 radical (unpaired) electrons. The molecule has 1 aliphatic heterocycles. The molecule has 5 rings (SSSR count). The van der Waals surface area contributed by atoms with E-state index < -0.39 is 6.67 Å². The lowest BCUT2D eigenvalue weighted by molar-refractivity contribution is -0.121. The van der Waals surface area contributed by atoms with Gasteiger partial charge in [-0.1, -0.05) is 13.8 Å². The molecule has 4 aromatic rings. The molecule has 1 amide bonds. The van der Waals surface area contributed by atoms with Crippen LogP contribution in [0, 0.1) is 0 Å². The van der Waals surface area contributed by atoms with Crippen LogP contribution < -0.4 is 10.2 Å². The second-order valence-electron chi connectivity index (χ2n) is 9.65. The van der Waals surface area contributed by atoms with E-state index in [4.69, 9.17) is 0 Å². The van der Waals surface area contributed by atoms with Gasteiger partial charge in [-0.05, 0) is 49.7 Å². The van der Waals surface area contributed by atoms with Crippen LogP contribution in [0.4, 0.5) is 21.8 Å². The van der Waals surface area contributed by atoms with E-state index in [1.807, 2.05) is 53.1 Å². The average molecular weight is 503 g/mol. The van der Waals surface area contributed by atoms with Crippen molar-refractivity contribution in [3.63, 3.8) is 0 Å². The van der Waals surface area contributed by atoms with E-state index in [1.54, 1.807) is 17.3 Å². The molecular formula is C27H31FN8O. The molecule has 10 heteroatoms. The Hall–Kier alpha value is -3.92. The van der Waals surface area contributed by atoms with Gasteiger partial charge >= 0.3 is 0 Å². The molecule has 1 atom stereocenters. The van der Waals surface area contributed by atoms with Crippen molar-refractivity contribution >= 4 is 28.9 Å². The highest BCUT2D eigenvalue weighted by Gasteiger charge is 2.29. The van der Waals surface area contributed by atoms with Crippen LogP contribution in [0.1, 0.15) is 38.2 Å². The summed E-state index contributed by atoms with van der Waals surface area (Å²) in [6, 6.07) is 9.70. The lowest BCUT2D eigenvalue weighted by atomic mass is 10.0. The Labute approximate surface area is 215 Å². The number of hydrogen-bond acceptors (Lipinski definition) is 7. The van der Waals surface area contributed by atoms with E-state index in [2.05, 4.69) is 45.3 Å². The van der Waals surface area contributed by atoms with Crippen molar-refractivity contribution in [1.82, 2.24) is 29.5 Å². The first-order valence-corrected chi connectivity index (χ1v) is 12.5. The smallest absolute Gasteiger partial charge is 0.228 e. The van der Waals surface area contributed by atoms with Gasteiger partial charge in [0.1, 0.15) is 12.5 Å². The van der Waals surface area contributed by atoms with Gasteiger partial charge in [0.2, 0.25) is 11.9 Å². The average Bonchev–Trinajstić information content (AvgIpc) is 3.33. The van der Waals surface area contributed by atoms with E-state index in [9.17, 15) is 9.18 Å². The summed E-state index contributed by atoms with van der Waals surface area (Å²) in [6.07, 6.45) is 8.41. The summed E-state index contributed by atoms with van der Waals surface area (Å²) in [5.41, 5.74) is 4.76. The quantitative estimate of drug-likeness (QED) is 0.381. The predicted molar refractivity (Wildman–Crippen MR) is 142 cm³/mol. The van der Waals surface area contributed by atoms with Crippen molar-refractivity contribution in [2.75, 3.05) is 37.0 Å². The second-order valence-corrected chi connectivity index (χ2v) is 9.65. The Morgan fingerprint density at radius 3 is 2.78 bits per heavy atom. The third-order valence-electron chi connectivity index (χ3n) is 6.88. The first-order valence-electron chi connectivity index (χ1n) is 12.5. The minimum Gasteiger partial charge on any atom is -0.311 e. The number of carbonyl (C=O) groups excluding carboxylic acids is 1. The third kappa shape index (κ3) is 5.29. The normalized spacial score (nSPS) is 16.2. The highest BCUT2D eigenvalue weighted by molar-refractivity contribution is 5.94. The Balaban J connectivity index is 1.28. The largest absolute Gasteiger partial charge is 0.311 e. The molecule has 0 saturated carbocycles. The Morgan fingerprint density at radius 2 is 2.05 bits per heavy atom. The number of fused-ring (bicyclic) bond motifs is 1. The molecule has 9 nitrogen and oxygen atoms in total. The van der Waals surface area contributed by atoms with Crippen LogP contribution in [0.5, 0.6) is 0 Å². The third-order valence-corrected chi connectivity index (χ3v) is 6.88. The van der Waals surface area contributed by atoms with Crippen LogP contribution in [0.25, 0.3) is 16.8 Å². The van der Waals surface area contributed by atoms with Gasteiger partial charge in [-0.3, -0.25) is 4.79 Å². The fourth-order valence-corrected chi connectivity index (χ4v) is 4.70. The topological polar surface area (TPSA) is 91.6 Å². The van der Waals surface area contributed by atoms with Crippen molar-refractivity contribution in [1.29, 1.82) is 0 Å². The van der Waals surface area contributed by atoms with E-state index in [-0.39, 0.29) is 11.9 Å². The van der Waals surface area contributed by atoms with Crippen LogP contribution in [0.3, 0.4) is 0 Å². The number of carbonyl (C=O) groups is 1. The molecular weight excluding hydrogens is 471 g/mol. The Bertz CT molecular complexity index is 1390. The molecule has 37 heavy (non-hydrogen) atoms. The highest BCUT2D eigenvalue weighted by atomic mass is 19.1. The standard InChI is InChI=1S/C27H31FN8O/c1-18(2)22-17-31-36-12-7-19(14-24(22)36)23-6-10-29-27(32-23)33-25-5-4-21(16-30-25)35-11-8-20(15-26(35)37)34(3)13-9-28/h4-7,10,12,14,16-18,20H,8-9,11,13,15H2,1-3H3,(H,29,30,32,33). The van der Waals surface area contributed by atoms with Crippen LogP contribution in [-0.2, 0) is 4.79 Å². The van der Waals surface area contributed by atoms with Crippen LogP contribution in [-0.4, -0.2) is 68.2 Å². The maximum absolute atomic E-state index is 12.7. The minimum absolute atomic E-state index is 0.0243. The number of hydrogen-bond donors (Lipinski definition) is 1. The summed E-state index contributed by atoms with van der Waals surface area (Å²) >= 11 is 0. The number of rotatable bonds is 8. The molecule has 1 unspecified atom stereocenters. The number of piperidine rings is 1. The summed E-state index contributed by atoms with van der Waals surface area (Å²) in [6.45, 7) is 4.83. The minimum atomic E-state index is -0.408. The van der Waals surface area contributed by atoms with E-state index in [0.717, 1.165) is 28.9 Å². The Morgan fingerprint density at radius 1 is 1.19 bits per heavy atom. The van der Waals surface area contributed by atoms with E-state index in [1.165, 1.54) is 5.56 Å². The zero-order valence-corrected chi connectivity index (χ0v) is 21.3. The first kappa shape index (κ1) is 24.8. The van der Waals surface area contributed by atoms with Gasteiger partial charge in [-0.2, -0.15) is 5.10 Å². The molecule has 0 spiro atoms. The first-order chi connectivity index (χ1) is 17.9. The molecule has 1 aliphatic rings. The van der Waals surface area contributed by atoms with Crippen molar-refractivity contribution < 1.29 is 9.18 Å². The van der Waals surface area contributed by atoms with Crippen molar-refractivity contribution in [2.24, 2.45) is 0 Å². The fourth-order valence-electron chi connectivity index (χ4n) is 4.70. The number of amides is 1. The van der Waals surface area contributed by atoms with Crippen molar-refractivity contribution in [2.45, 2.75) is 38.6 Å². The molecule has 192 valence electrons. The monoisotopic (exact) mass is 502 g/mol. The lowest BCUT2D eigenvalue weighted by Crippen LogP contribution is -2.47. The van der Waals surface area contributed by atoms with Crippen LogP contribution in [0.2, 0.25) is 0 Å². The summed E-state index contributed by atoms with van der Waals surface area (Å²) < 4.78 is 14.5. The zero-order chi connectivity index (χ0) is 25.9. The zero-order valence-electron chi connectivity index (χ0n) is 21.3. The second kappa shape index (κ2) is 10.6. The summed E-state index contributed by atoms with van der Waals surface area (Å²) in [5.74, 6) is 1.41. The summed E-state index contributed by atoms with van der Waals surface area (Å²) in [7, 11) is 1.87. The molecule has 4 aromatic heterocycles. The van der Waals surface area contributed by atoms with Gasteiger partial charge in [0.25, 0.3) is 0 Å². The number of pyridine rings is 2. The number of halogens is 1. The van der Waals surface area contributed by atoms with Crippen molar-refractivity contribution in [3.8, 4) is 11.3 Å². The van der Waals surface area contributed by atoms with Gasteiger partial charge in [0.05, 0.1) is 29.3 Å². The maximum Gasteiger partial charge on any atom is 0.228 e. The van der Waals surface area contributed by atoms with E-state index >= 15 is 0 Å². The number of nitrogens with zero attached hydrogens (tertiary/aromatic N) is 7. The SMILES string of the molecule is CC(C)c1cnn2ccc(-c3ccnc(Nc4ccc(N5CCC(N(C)CCF)CC5=O)cn4)n3)cc12. The summed E-state index contributed by atoms with van der Waals surface area (Å²) in [5, 5.41) is 7.59. The molecule has 5 heterocycles. The van der Waals surface area contributed by atoms with Crippen LogP contribution in [0.15, 0.2) is 55.1 Å². The number of nitrogens with one attached hydrogen (secondary N) is 1. The highest BCUT2D eigenvalue weighted by Crippen LogP contribution is 2.27. The molecule has 0 bridgehead atoms. The number of alkyl halides is 1. The van der Waals surface area contributed by atoms with Gasteiger partial charge in [-0.15, -0.1) is 0 Å². The van der Waals surface area contributed by atoms with Gasteiger partial charge in [0, 0.05) is 49.1 Å². The molecule has 1 N–H and O–H groups in total. The van der Waals surface area contributed by atoms with Crippen molar-refractivity contribution in [3.05, 3.63) is 60.7 Å². The van der Waals surface area contributed by atoms with Gasteiger partial charge in [-0.25, -0.2) is 23.9 Å². The predicted octanol–water partition coefficient (Wildman–Crippen LogP) is 4.45. The van der Waals surface area contributed by atoms with E-state index in [0.29, 0.717) is 37.2 Å². The number of anilines is 3. The molecule has 0 aromatic carbocycles. The maximum atomic E-state index is 12.7. The molecule has 1 fully saturated rings. The molecule has 0 aliphatic carbocycles. The van der Waals surface area contributed by atoms with Gasteiger partial charge < -0.3 is 15.1 Å². The number of aromatic nitrogens is 5. The fraction of sp³-hybridized carbons (Fsp3) is 0.370. The molecule has 1 saturated heterocycles.